The Bertz CT molecular complexity index is 725. The molecular weight excluding hydrogens is 294 g/mol. The highest BCUT2D eigenvalue weighted by Gasteiger charge is 2.35. The van der Waals surface area contributed by atoms with Gasteiger partial charge in [0.15, 0.2) is 0 Å². The standard InChI is InChI=1S/C16H19N5O2/c1-23-13-4-2-12(3-5-13)18-16(22)15-20-19-14-6-10-7-17-8-11(10)9-21(14)15/h2-5,10-11,17H,6-9H2,1H3,(H,18,22)/t10-,11-/m1/s1. The first-order chi connectivity index (χ1) is 11.2. The highest BCUT2D eigenvalue weighted by Crippen LogP contribution is 2.28. The fourth-order valence-corrected chi connectivity index (χ4v) is 3.42. The predicted octanol–water partition coefficient (Wildman–Crippen LogP) is 0.931. The molecule has 0 bridgehead atoms. The van der Waals surface area contributed by atoms with Gasteiger partial charge in [0.1, 0.15) is 11.6 Å². The minimum absolute atomic E-state index is 0.224. The SMILES string of the molecule is COc1ccc(NC(=O)c2nnc3n2C[C@H]2CNC[C@H]2C3)cc1. The Morgan fingerprint density at radius 3 is 2.83 bits per heavy atom. The van der Waals surface area contributed by atoms with Crippen LogP contribution in [0.4, 0.5) is 5.69 Å². The molecule has 1 amide bonds. The van der Waals surface area contributed by atoms with Crippen LogP contribution in [-0.2, 0) is 13.0 Å². The van der Waals surface area contributed by atoms with Gasteiger partial charge in [-0.25, -0.2) is 0 Å². The maximum atomic E-state index is 12.5. The van der Waals surface area contributed by atoms with Crippen LogP contribution in [0.2, 0.25) is 0 Å². The van der Waals surface area contributed by atoms with Crippen LogP contribution < -0.4 is 15.4 Å². The maximum Gasteiger partial charge on any atom is 0.293 e. The van der Waals surface area contributed by atoms with E-state index in [-0.39, 0.29) is 5.91 Å². The summed E-state index contributed by atoms with van der Waals surface area (Å²) in [4.78, 5) is 12.5. The molecule has 0 saturated carbocycles. The van der Waals surface area contributed by atoms with Crippen LogP contribution in [0.1, 0.15) is 16.4 Å². The van der Waals surface area contributed by atoms with E-state index in [9.17, 15) is 4.79 Å². The van der Waals surface area contributed by atoms with Crippen molar-refractivity contribution in [1.29, 1.82) is 0 Å². The molecular formula is C16H19N5O2. The monoisotopic (exact) mass is 313 g/mol. The molecule has 0 spiro atoms. The molecule has 1 aromatic heterocycles. The molecule has 23 heavy (non-hydrogen) atoms. The maximum absolute atomic E-state index is 12.5. The first kappa shape index (κ1) is 14.2. The van der Waals surface area contributed by atoms with Crippen LogP contribution in [-0.4, -0.2) is 40.9 Å². The molecule has 7 heteroatoms. The van der Waals surface area contributed by atoms with E-state index in [1.165, 1.54) is 0 Å². The molecule has 0 aliphatic carbocycles. The second-order valence-electron chi connectivity index (χ2n) is 6.12. The lowest BCUT2D eigenvalue weighted by Gasteiger charge is -2.25. The predicted molar refractivity (Wildman–Crippen MR) is 84.5 cm³/mol. The second-order valence-corrected chi connectivity index (χ2v) is 6.12. The van der Waals surface area contributed by atoms with Crippen LogP contribution in [0.3, 0.4) is 0 Å². The Hall–Kier alpha value is -2.41. The molecule has 1 aromatic carbocycles. The van der Waals surface area contributed by atoms with Gasteiger partial charge in [-0.3, -0.25) is 4.79 Å². The fraction of sp³-hybridized carbons (Fsp3) is 0.438. The number of carbonyl (C=O) groups is 1. The van der Waals surface area contributed by atoms with Crippen molar-refractivity contribution in [1.82, 2.24) is 20.1 Å². The Morgan fingerprint density at radius 2 is 2.04 bits per heavy atom. The van der Waals surface area contributed by atoms with Crippen molar-refractivity contribution in [2.45, 2.75) is 13.0 Å². The number of hydrogen-bond donors (Lipinski definition) is 2. The molecule has 2 aliphatic rings. The molecule has 2 N–H and O–H groups in total. The van der Waals surface area contributed by atoms with Crippen LogP contribution >= 0.6 is 0 Å². The van der Waals surface area contributed by atoms with E-state index in [4.69, 9.17) is 4.74 Å². The average molecular weight is 313 g/mol. The highest BCUT2D eigenvalue weighted by atomic mass is 16.5. The minimum atomic E-state index is -0.224. The molecule has 2 aliphatic heterocycles. The van der Waals surface area contributed by atoms with Gasteiger partial charge < -0.3 is 19.9 Å². The number of nitrogens with one attached hydrogen (secondary N) is 2. The van der Waals surface area contributed by atoms with Crippen LogP contribution in [0, 0.1) is 11.8 Å². The van der Waals surface area contributed by atoms with Gasteiger partial charge in [-0.05, 0) is 49.2 Å². The first-order valence-corrected chi connectivity index (χ1v) is 7.83. The van der Waals surface area contributed by atoms with Gasteiger partial charge >= 0.3 is 0 Å². The number of fused-ring (bicyclic) bond motifs is 2. The molecule has 1 saturated heterocycles. The van der Waals surface area contributed by atoms with Gasteiger partial charge in [0.2, 0.25) is 5.82 Å². The molecule has 7 nitrogen and oxygen atoms in total. The van der Waals surface area contributed by atoms with Crippen LogP contribution in [0.25, 0.3) is 0 Å². The smallest absolute Gasteiger partial charge is 0.293 e. The lowest BCUT2D eigenvalue weighted by Crippen LogP contribution is -2.31. The van der Waals surface area contributed by atoms with Gasteiger partial charge in [0.25, 0.3) is 5.91 Å². The quantitative estimate of drug-likeness (QED) is 0.881. The highest BCUT2D eigenvalue weighted by molar-refractivity contribution is 6.01. The van der Waals surface area contributed by atoms with Crippen molar-refractivity contribution in [3.63, 3.8) is 0 Å². The van der Waals surface area contributed by atoms with E-state index in [0.717, 1.165) is 37.6 Å². The largest absolute Gasteiger partial charge is 0.497 e. The zero-order valence-corrected chi connectivity index (χ0v) is 13.0. The van der Waals surface area contributed by atoms with Gasteiger partial charge in [-0.15, -0.1) is 10.2 Å². The Labute approximate surface area is 134 Å². The van der Waals surface area contributed by atoms with Crippen molar-refractivity contribution in [2.75, 3.05) is 25.5 Å². The van der Waals surface area contributed by atoms with E-state index in [1.807, 2.05) is 16.7 Å². The number of carbonyl (C=O) groups excluding carboxylic acids is 1. The summed E-state index contributed by atoms with van der Waals surface area (Å²) < 4.78 is 7.08. The number of aromatic nitrogens is 3. The van der Waals surface area contributed by atoms with Gasteiger partial charge in [-0.1, -0.05) is 0 Å². The number of ether oxygens (including phenoxy) is 1. The van der Waals surface area contributed by atoms with E-state index in [1.54, 1.807) is 19.2 Å². The summed E-state index contributed by atoms with van der Waals surface area (Å²) in [7, 11) is 1.61. The average Bonchev–Trinajstić information content (AvgIpc) is 3.19. The van der Waals surface area contributed by atoms with Gasteiger partial charge in [0.05, 0.1) is 7.11 Å². The number of hydrogen-bond acceptors (Lipinski definition) is 5. The second kappa shape index (κ2) is 5.66. The van der Waals surface area contributed by atoms with Crippen molar-refractivity contribution >= 4 is 11.6 Å². The van der Waals surface area contributed by atoms with Crippen molar-refractivity contribution < 1.29 is 9.53 Å². The molecule has 1 fully saturated rings. The van der Waals surface area contributed by atoms with E-state index >= 15 is 0 Å². The lowest BCUT2D eigenvalue weighted by molar-refractivity contribution is 0.100. The molecule has 2 aromatic rings. The summed E-state index contributed by atoms with van der Waals surface area (Å²) in [5, 5.41) is 14.6. The summed E-state index contributed by atoms with van der Waals surface area (Å²) in [5.74, 6) is 3.01. The molecule has 4 rings (SSSR count). The summed E-state index contributed by atoms with van der Waals surface area (Å²) >= 11 is 0. The molecule has 0 unspecified atom stereocenters. The summed E-state index contributed by atoms with van der Waals surface area (Å²) in [6.07, 6.45) is 0.889. The fourth-order valence-electron chi connectivity index (χ4n) is 3.42. The third kappa shape index (κ3) is 2.57. The lowest BCUT2D eigenvalue weighted by atomic mass is 9.89. The minimum Gasteiger partial charge on any atom is -0.497 e. The van der Waals surface area contributed by atoms with E-state index in [0.29, 0.717) is 23.3 Å². The number of benzene rings is 1. The number of nitrogens with zero attached hydrogens (tertiary/aromatic N) is 3. The topological polar surface area (TPSA) is 81.1 Å². The Balaban J connectivity index is 1.53. The molecule has 3 heterocycles. The third-order valence-corrected chi connectivity index (χ3v) is 4.72. The van der Waals surface area contributed by atoms with Gasteiger partial charge in [-0.2, -0.15) is 0 Å². The van der Waals surface area contributed by atoms with E-state index < -0.39 is 0 Å². The normalized spacial score (nSPS) is 22.3. The van der Waals surface area contributed by atoms with E-state index in [2.05, 4.69) is 20.8 Å². The number of amides is 1. The summed E-state index contributed by atoms with van der Waals surface area (Å²) in [6, 6.07) is 7.23. The zero-order valence-electron chi connectivity index (χ0n) is 13.0. The van der Waals surface area contributed by atoms with Gasteiger partial charge in [0, 0.05) is 18.7 Å². The summed E-state index contributed by atoms with van der Waals surface area (Å²) in [6.45, 7) is 2.85. The molecule has 120 valence electrons. The molecule has 0 radical (unpaired) electrons. The van der Waals surface area contributed by atoms with Crippen LogP contribution in [0.15, 0.2) is 24.3 Å². The van der Waals surface area contributed by atoms with Crippen molar-refractivity contribution in [3.05, 3.63) is 35.9 Å². The first-order valence-electron chi connectivity index (χ1n) is 7.83. The zero-order chi connectivity index (χ0) is 15.8. The van der Waals surface area contributed by atoms with Crippen LogP contribution in [0.5, 0.6) is 5.75 Å². The Morgan fingerprint density at radius 1 is 1.26 bits per heavy atom. The number of rotatable bonds is 3. The van der Waals surface area contributed by atoms with Crippen molar-refractivity contribution in [2.24, 2.45) is 11.8 Å². The van der Waals surface area contributed by atoms with Crippen molar-refractivity contribution in [3.8, 4) is 5.75 Å². The third-order valence-electron chi connectivity index (χ3n) is 4.72. The summed E-state index contributed by atoms with van der Waals surface area (Å²) in [5.41, 5.74) is 0.712. The molecule has 2 atom stereocenters. The number of anilines is 1. The number of methoxy groups -OCH3 is 1. The Kier molecular flexibility index (Phi) is 3.49.